The molecule has 2 aromatic rings. The Kier molecular flexibility index (Phi) is 8.52. The molecule has 1 N–H and O–H groups in total. The first-order valence-corrected chi connectivity index (χ1v) is 9.86. The fourth-order valence-corrected chi connectivity index (χ4v) is 2.84. The maximum absolute atomic E-state index is 12.0. The second kappa shape index (κ2) is 11.1. The molecule has 0 aliphatic rings. The van der Waals surface area contributed by atoms with Crippen LogP contribution in [0.25, 0.3) is 0 Å². The fraction of sp³-hybridized carbons (Fsp3) is 0.391. The molecule has 6 nitrogen and oxygen atoms in total. The molecule has 1 amide bonds. The minimum atomic E-state index is -0.0182. The molecule has 29 heavy (non-hydrogen) atoms. The van der Waals surface area contributed by atoms with E-state index < -0.39 is 0 Å². The number of benzene rings is 2. The lowest BCUT2D eigenvalue weighted by atomic mass is 10.1. The van der Waals surface area contributed by atoms with Crippen molar-refractivity contribution in [3.63, 3.8) is 0 Å². The van der Waals surface area contributed by atoms with Crippen LogP contribution in [-0.2, 0) is 17.8 Å². The molecule has 0 saturated heterocycles. The summed E-state index contributed by atoms with van der Waals surface area (Å²) >= 11 is 0. The zero-order valence-corrected chi connectivity index (χ0v) is 18.2. The molecule has 0 spiro atoms. The van der Waals surface area contributed by atoms with Gasteiger partial charge < -0.3 is 20.0 Å². The Morgan fingerprint density at radius 3 is 2.28 bits per heavy atom. The van der Waals surface area contributed by atoms with Gasteiger partial charge in [0, 0.05) is 54.0 Å². The van der Waals surface area contributed by atoms with Gasteiger partial charge in [0.25, 0.3) is 0 Å². The second-order valence-corrected chi connectivity index (χ2v) is 7.51. The molecule has 0 saturated carbocycles. The molecule has 0 fully saturated rings. The molecule has 0 heterocycles. The average Bonchev–Trinajstić information content (AvgIpc) is 2.71. The molecule has 0 aliphatic carbocycles. The van der Waals surface area contributed by atoms with Gasteiger partial charge in [-0.1, -0.05) is 42.5 Å². The third-order valence-corrected chi connectivity index (χ3v) is 4.61. The van der Waals surface area contributed by atoms with Crippen molar-refractivity contribution < 1.29 is 4.79 Å². The topological polar surface area (TPSA) is 51.2 Å². The maximum Gasteiger partial charge on any atom is 0.243 e. The van der Waals surface area contributed by atoms with Crippen molar-refractivity contribution in [2.45, 2.75) is 13.0 Å². The highest BCUT2D eigenvalue weighted by Crippen LogP contribution is 2.14. The number of amides is 1. The Bertz CT molecular complexity index is 802. The minimum Gasteiger partial charge on any atom is -0.378 e. The summed E-state index contributed by atoms with van der Waals surface area (Å²) < 4.78 is 0. The Hall–Kier alpha value is -3.02. The largest absolute Gasteiger partial charge is 0.378 e. The number of nitrogens with one attached hydrogen (secondary N) is 1. The number of likely N-dealkylation sites (N-methyl/N-ethyl adjacent to an activating group) is 1. The first-order chi connectivity index (χ1) is 13.9. The van der Waals surface area contributed by atoms with E-state index in [4.69, 9.17) is 0 Å². The van der Waals surface area contributed by atoms with Crippen LogP contribution < -0.4 is 10.2 Å². The van der Waals surface area contributed by atoms with E-state index in [-0.39, 0.29) is 12.5 Å². The van der Waals surface area contributed by atoms with Crippen LogP contribution in [0.1, 0.15) is 11.1 Å². The zero-order chi connectivity index (χ0) is 21.2. The van der Waals surface area contributed by atoms with E-state index in [9.17, 15) is 4.79 Å². The molecule has 0 aromatic heterocycles. The predicted molar refractivity (Wildman–Crippen MR) is 121 cm³/mol. The van der Waals surface area contributed by atoms with Gasteiger partial charge in [0.2, 0.25) is 5.91 Å². The Morgan fingerprint density at radius 2 is 1.62 bits per heavy atom. The number of carbonyl (C=O) groups is 1. The van der Waals surface area contributed by atoms with Crippen LogP contribution in [0.4, 0.5) is 5.69 Å². The summed E-state index contributed by atoms with van der Waals surface area (Å²) in [6.45, 7) is 1.58. The fourth-order valence-electron chi connectivity index (χ4n) is 2.84. The van der Waals surface area contributed by atoms with E-state index in [2.05, 4.69) is 56.5 Å². The molecular weight excluding hydrogens is 362 g/mol. The molecule has 2 rings (SSSR count). The monoisotopic (exact) mass is 395 g/mol. The van der Waals surface area contributed by atoms with Crippen LogP contribution in [0.2, 0.25) is 0 Å². The Morgan fingerprint density at radius 1 is 0.931 bits per heavy atom. The molecule has 2 aromatic carbocycles. The maximum atomic E-state index is 12.0. The van der Waals surface area contributed by atoms with Crippen molar-refractivity contribution in [2.24, 2.45) is 4.99 Å². The van der Waals surface area contributed by atoms with Crippen LogP contribution in [0.3, 0.4) is 0 Å². The van der Waals surface area contributed by atoms with Gasteiger partial charge in [-0.05, 0) is 29.7 Å². The summed E-state index contributed by atoms with van der Waals surface area (Å²) in [6.07, 6.45) is 0.894. The van der Waals surface area contributed by atoms with Crippen LogP contribution in [0, 0.1) is 0 Å². The number of anilines is 1. The van der Waals surface area contributed by atoms with Crippen molar-refractivity contribution in [1.29, 1.82) is 0 Å². The zero-order valence-electron chi connectivity index (χ0n) is 18.2. The third kappa shape index (κ3) is 7.49. The van der Waals surface area contributed by atoms with E-state index in [0.717, 1.165) is 24.6 Å². The average molecular weight is 396 g/mol. The van der Waals surface area contributed by atoms with Gasteiger partial charge in [0.05, 0.1) is 0 Å². The van der Waals surface area contributed by atoms with Crippen LogP contribution in [0.5, 0.6) is 0 Å². The predicted octanol–water partition coefficient (Wildman–Crippen LogP) is 2.46. The summed E-state index contributed by atoms with van der Waals surface area (Å²) in [5.41, 5.74) is 3.62. The van der Waals surface area contributed by atoms with Crippen molar-refractivity contribution in [1.82, 2.24) is 15.1 Å². The molecule has 0 unspecified atom stereocenters. The van der Waals surface area contributed by atoms with Crippen LogP contribution >= 0.6 is 0 Å². The molecule has 0 atom stereocenters. The van der Waals surface area contributed by atoms with Gasteiger partial charge >= 0.3 is 0 Å². The van der Waals surface area contributed by atoms with Gasteiger partial charge in [-0.3, -0.25) is 4.79 Å². The highest BCUT2D eigenvalue weighted by molar-refractivity contribution is 5.84. The van der Waals surface area contributed by atoms with Crippen molar-refractivity contribution in [2.75, 3.05) is 53.2 Å². The molecule has 0 aliphatic heterocycles. The number of guanidine groups is 1. The standard InChI is InChI=1S/C23H33N5O/c1-26(2)21-13-9-12-20(16-21)18-28(5)23(25-17-22(29)27(3)4)24-15-14-19-10-7-6-8-11-19/h6-13,16H,14-15,17-18H2,1-5H3,(H,24,25). The molecule has 156 valence electrons. The van der Waals surface area contributed by atoms with E-state index in [1.807, 2.05) is 39.3 Å². The van der Waals surface area contributed by atoms with Crippen LogP contribution in [0.15, 0.2) is 59.6 Å². The molecule has 0 bridgehead atoms. The van der Waals surface area contributed by atoms with Gasteiger partial charge in [-0.2, -0.15) is 0 Å². The summed E-state index contributed by atoms with van der Waals surface area (Å²) in [5.74, 6) is 0.710. The smallest absolute Gasteiger partial charge is 0.243 e. The molecular formula is C23H33N5O. The first kappa shape index (κ1) is 22.3. The van der Waals surface area contributed by atoms with E-state index in [0.29, 0.717) is 6.54 Å². The number of carbonyl (C=O) groups excluding carboxylic acids is 1. The highest BCUT2D eigenvalue weighted by atomic mass is 16.2. The van der Waals surface area contributed by atoms with Crippen LogP contribution in [-0.4, -0.2) is 70.0 Å². The number of hydrogen-bond donors (Lipinski definition) is 1. The van der Waals surface area contributed by atoms with Crippen molar-refractivity contribution >= 4 is 17.6 Å². The summed E-state index contributed by atoms with van der Waals surface area (Å²) in [6, 6.07) is 18.8. The van der Waals surface area contributed by atoms with Gasteiger partial charge in [-0.25, -0.2) is 4.99 Å². The van der Waals surface area contributed by atoms with E-state index in [1.165, 1.54) is 11.1 Å². The number of nitrogens with zero attached hydrogens (tertiary/aromatic N) is 4. The van der Waals surface area contributed by atoms with Gasteiger partial charge in [-0.15, -0.1) is 0 Å². The van der Waals surface area contributed by atoms with Crippen molar-refractivity contribution in [3.05, 3.63) is 65.7 Å². The SMILES string of the molecule is CN(C)C(=O)CN=C(NCCc1ccccc1)N(C)Cc1cccc(N(C)C)c1. The highest BCUT2D eigenvalue weighted by Gasteiger charge is 2.10. The first-order valence-electron chi connectivity index (χ1n) is 9.86. The van der Waals surface area contributed by atoms with Gasteiger partial charge in [0.15, 0.2) is 5.96 Å². The quantitative estimate of drug-likeness (QED) is 0.551. The van der Waals surface area contributed by atoms with E-state index in [1.54, 1.807) is 19.0 Å². The summed E-state index contributed by atoms with van der Waals surface area (Å²) in [4.78, 5) is 22.3. The normalized spacial score (nSPS) is 11.1. The number of hydrogen-bond acceptors (Lipinski definition) is 3. The summed E-state index contributed by atoms with van der Waals surface area (Å²) in [5, 5.41) is 3.41. The lowest BCUT2D eigenvalue weighted by Crippen LogP contribution is -2.40. The lowest BCUT2D eigenvalue weighted by molar-refractivity contribution is -0.127. The summed E-state index contributed by atoms with van der Waals surface area (Å²) in [7, 11) is 9.56. The lowest BCUT2D eigenvalue weighted by Gasteiger charge is -2.24. The third-order valence-electron chi connectivity index (χ3n) is 4.61. The van der Waals surface area contributed by atoms with Crippen molar-refractivity contribution in [3.8, 4) is 0 Å². The molecule has 0 radical (unpaired) electrons. The van der Waals surface area contributed by atoms with E-state index >= 15 is 0 Å². The Labute approximate surface area is 174 Å². The minimum absolute atomic E-state index is 0.0182. The number of rotatable bonds is 8. The Balaban J connectivity index is 2.07. The van der Waals surface area contributed by atoms with Gasteiger partial charge in [0.1, 0.15) is 6.54 Å². The molecule has 6 heteroatoms. The number of aliphatic imine (C=N–C) groups is 1. The second-order valence-electron chi connectivity index (χ2n) is 7.51.